The van der Waals surface area contributed by atoms with Crippen LogP contribution in [-0.2, 0) is 0 Å². The van der Waals surface area contributed by atoms with Crippen molar-refractivity contribution in [1.29, 1.82) is 0 Å². The maximum atomic E-state index is 10.3. The van der Waals surface area contributed by atoms with Crippen LogP contribution in [0.25, 0.3) is 0 Å². The van der Waals surface area contributed by atoms with Crippen LogP contribution in [0.15, 0.2) is 12.1 Å². The fourth-order valence-electron chi connectivity index (χ4n) is 1.41. The molecule has 1 amide bonds. The fourth-order valence-corrected chi connectivity index (χ4v) is 1.51. The first-order valence-corrected chi connectivity index (χ1v) is 4.76. The van der Waals surface area contributed by atoms with Gasteiger partial charge in [0.25, 0.3) is 0 Å². The van der Waals surface area contributed by atoms with Gasteiger partial charge in [0, 0.05) is 13.1 Å². The highest BCUT2D eigenvalue weighted by molar-refractivity contribution is 6.29. The predicted molar refractivity (Wildman–Crippen MR) is 54.2 cm³/mol. The molecular formula is C8H9ClN4O2. The van der Waals surface area contributed by atoms with Gasteiger partial charge in [-0.05, 0) is 12.1 Å². The number of rotatable bonds is 2. The van der Waals surface area contributed by atoms with Crippen molar-refractivity contribution in [1.82, 2.24) is 15.5 Å². The van der Waals surface area contributed by atoms with E-state index in [2.05, 4.69) is 15.5 Å². The molecule has 0 aromatic carbocycles. The predicted octanol–water partition coefficient (Wildman–Crippen LogP) is 0.586. The van der Waals surface area contributed by atoms with E-state index in [0.29, 0.717) is 24.1 Å². The monoisotopic (exact) mass is 228 g/mol. The van der Waals surface area contributed by atoms with E-state index in [4.69, 9.17) is 16.7 Å². The molecule has 15 heavy (non-hydrogen) atoms. The molecule has 0 atom stereocenters. The summed E-state index contributed by atoms with van der Waals surface area (Å²) < 4.78 is 0. The van der Waals surface area contributed by atoms with Crippen molar-refractivity contribution < 1.29 is 9.90 Å². The molecule has 80 valence electrons. The Balaban J connectivity index is 1.89. The van der Waals surface area contributed by atoms with Crippen molar-refractivity contribution in [3.8, 4) is 0 Å². The number of carboxylic acid groups (broad SMARTS) is 1. The molecule has 7 heteroatoms. The van der Waals surface area contributed by atoms with Crippen LogP contribution in [0.5, 0.6) is 0 Å². The van der Waals surface area contributed by atoms with Gasteiger partial charge in [0.05, 0.1) is 6.04 Å². The first-order valence-electron chi connectivity index (χ1n) is 4.39. The van der Waals surface area contributed by atoms with Crippen LogP contribution in [0.2, 0.25) is 5.15 Å². The van der Waals surface area contributed by atoms with Crippen molar-refractivity contribution >= 4 is 23.5 Å². The van der Waals surface area contributed by atoms with Gasteiger partial charge >= 0.3 is 6.09 Å². The maximum Gasteiger partial charge on any atom is 0.405 e. The number of hydrogen-bond donors (Lipinski definition) is 2. The quantitative estimate of drug-likeness (QED) is 0.775. The number of amides is 1. The van der Waals surface area contributed by atoms with Crippen molar-refractivity contribution in [2.75, 3.05) is 18.0 Å². The lowest BCUT2D eigenvalue weighted by Crippen LogP contribution is -2.59. The molecule has 0 unspecified atom stereocenters. The molecule has 0 aliphatic carbocycles. The average Bonchev–Trinajstić information content (AvgIpc) is 2.12. The van der Waals surface area contributed by atoms with Crippen molar-refractivity contribution in [3.05, 3.63) is 17.3 Å². The molecule has 1 saturated heterocycles. The number of nitrogens with zero attached hydrogens (tertiary/aromatic N) is 3. The summed E-state index contributed by atoms with van der Waals surface area (Å²) in [5, 5.41) is 18.8. The Kier molecular flexibility index (Phi) is 2.59. The number of anilines is 1. The highest BCUT2D eigenvalue weighted by Gasteiger charge is 2.28. The maximum absolute atomic E-state index is 10.3. The van der Waals surface area contributed by atoms with Crippen LogP contribution in [0.1, 0.15) is 0 Å². The largest absolute Gasteiger partial charge is 0.465 e. The van der Waals surface area contributed by atoms with Gasteiger partial charge in [-0.15, -0.1) is 10.2 Å². The Bertz CT molecular complexity index is 363. The SMILES string of the molecule is O=C(O)NC1CN(c2ccc(Cl)nn2)C1. The third-order valence-electron chi connectivity index (χ3n) is 2.15. The Morgan fingerprint density at radius 3 is 2.80 bits per heavy atom. The number of nitrogens with one attached hydrogen (secondary N) is 1. The minimum Gasteiger partial charge on any atom is -0.465 e. The second-order valence-corrected chi connectivity index (χ2v) is 3.65. The van der Waals surface area contributed by atoms with E-state index in [1.54, 1.807) is 12.1 Å². The Hall–Kier alpha value is -1.56. The van der Waals surface area contributed by atoms with Crippen LogP contribution < -0.4 is 10.2 Å². The smallest absolute Gasteiger partial charge is 0.405 e. The van der Waals surface area contributed by atoms with Gasteiger partial charge in [-0.1, -0.05) is 11.6 Å². The van der Waals surface area contributed by atoms with Crippen LogP contribution in [0.4, 0.5) is 10.6 Å². The number of hydrogen-bond acceptors (Lipinski definition) is 4. The Morgan fingerprint density at radius 1 is 1.53 bits per heavy atom. The standard InChI is InChI=1S/C8H9ClN4O2/c9-6-1-2-7(12-11-6)13-3-5(4-13)10-8(14)15/h1-2,5,10H,3-4H2,(H,14,15). The van der Waals surface area contributed by atoms with Crippen molar-refractivity contribution in [2.24, 2.45) is 0 Å². The zero-order valence-electron chi connectivity index (χ0n) is 7.72. The first kappa shape index (κ1) is 9.97. The molecule has 2 heterocycles. The van der Waals surface area contributed by atoms with Gasteiger partial charge in [-0.3, -0.25) is 0 Å². The molecule has 1 aliphatic heterocycles. The van der Waals surface area contributed by atoms with Crippen molar-refractivity contribution in [2.45, 2.75) is 6.04 Å². The highest BCUT2D eigenvalue weighted by atomic mass is 35.5. The van der Waals surface area contributed by atoms with E-state index in [9.17, 15) is 4.79 Å². The van der Waals surface area contributed by atoms with Gasteiger partial charge in [0.2, 0.25) is 0 Å². The second-order valence-electron chi connectivity index (χ2n) is 3.27. The molecule has 1 aromatic rings. The van der Waals surface area contributed by atoms with E-state index < -0.39 is 6.09 Å². The summed E-state index contributed by atoms with van der Waals surface area (Å²) in [5.41, 5.74) is 0. The summed E-state index contributed by atoms with van der Waals surface area (Å²) in [7, 11) is 0. The van der Waals surface area contributed by atoms with Gasteiger partial charge < -0.3 is 15.3 Å². The minimum atomic E-state index is -0.998. The molecule has 0 spiro atoms. The first-order chi connectivity index (χ1) is 7.15. The third kappa shape index (κ3) is 2.27. The van der Waals surface area contributed by atoms with Gasteiger partial charge in [0.1, 0.15) is 0 Å². The van der Waals surface area contributed by atoms with E-state index >= 15 is 0 Å². The molecular weight excluding hydrogens is 220 g/mol. The van der Waals surface area contributed by atoms with Crippen LogP contribution in [0, 0.1) is 0 Å². The van der Waals surface area contributed by atoms with Crippen LogP contribution in [-0.4, -0.2) is 40.5 Å². The third-order valence-corrected chi connectivity index (χ3v) is 2.35. The molecule has 0 saturated carbocycles. The van der Waals surface area contributed by atoms with E-state index in [1.165, 1.54) is 0 Å². The summed E-state index contributed by atoms with van der Waals surface area (Å²) in [6.45, 7) is 1.23. The van der Waals surface area contributed by atoms with E-state index in [0.717, 1.165) is 0 Å². The highest BCUT2D eigenvalue weighted by Crippen LogP contribution is 2.18. The van der Waals surface area contributed by atoms with Crippen LogP contribution in [0.3, 0.4) is 0 Å². The summed E-state index contributed by atoms with van der Waals surface area (Å²) in [6, 6.07) is 3.38. The van der Waals surface area contributed by atoms with Crippen LogP contribution >= 0.6 is 11.6 Å². The zero-order valence-corrected chi connectivity index (χ0v) is 8.48. The lowest BCUT2D eigenvalue weighted by molar-refractivity contribution is 0.187. The summed E-state index contributed by atoms with van der Waals surface area (Å²) in [5.74, 6) is 0.711. The van der Waals surface area contributed by atoms with Gasteiger partial charge in [0.15, 0.2) is 11.0 Å². The minimum absolute atomic E-state index is 0.0278. The number of carbonyl (C=O) groups is 1. The Labute approximate surface area is 90.9 Å². The normalized spacial score (nSPS) is 15.9. The number of aromatic nitrogens is 2. The molecule has 1 aliphatic rings. The average molecular weight is 229 g/mol. The van der Waals surface area contributed by atoms with Gasteiger partial charge in [-0.25, -0.2) is 4.79 Å². The molecule has 2 rings (SSSR count). The summed E-state index contributed by atoms with van der Waals surface area (Å²) in [6.07, 6.45) is -0.998. The summed E-state index contributed by atoms with van der Waals surface area (Å²) in [4.78, 5) is 12.2. The fraction of sp³-hybridized carbons (Fsp3) is 0.375. The van der Waals surface area contributed by atoms with E-state index in [1.807, 2.05) is 4.90 Å². The zero-order chi connectivity index (χ0) is 10.8. The topological polar surface area (TPSA) is 78.4 Å². The molecule has 2 N–H and O–H groups in total. The molecule has 1 fully saturated rings. The number of halogens is 1. The molecule has 0 bridgehead atoms. The molecule has 6 nitrogen and oxygen atoms in total. The second kappa shape index (κ2) is 3.90. The molecule has 1 aromatic heterocycles. The van der Waals surface area contributed by atoms with E-state index in [-0.39, 0.29) is 6.04 Å². The lowest BCUT2D eigenvalue weighted by Gasteiger charge is -2.39. The summed E-state index contributed by atoms with van der Waals surface area (Å²) >= 11 is 5.59. The molecule has 0 radical (unpaired) electrons. The lowest BCUT2D eigenvalue weighted by atomic mass is 10.1. The van der Waals surface area contributed by atoms with Gasteiger partial charge in [-0.2, -0.15) is 0 Å². The Morgan fingerprint density at radius 2 is 2.27 bits per heavy atom. The van der Waals surface area contributed by atoms with Crippen molar-refractivity contribution in [3.63, 3.8) is 0 Å².